The number of nitrogens with zero attached hydrogens (tertiary/aromatic N) is 2. The number of rotatable bonds is 9. The van der Waals surface area contributed by atoms with Crippen molar-refractivity contribution in [2.24, 2.45) is 4.99 Å². The van der Waals surface area contributed by atoms with Gasteiger partial charge in [0.05, 0.1) is 34.2 Å². The van der Waals surface area contributed by atoms with Crippen molar-refractivity contribution in [3.05, 3.63) is 147 Å². The smallest absolute Gasteiger partial charge is 0.336 e. The predicted octanol–water partition coefficient (Wildman–Crippen LogP) is 7.41. The second kappa shape index (κ2) is 14.9. The number of phenolic OH excluding ortho intramolecular Hbond substituents is 1. The number of hydrogen-bond donors (Lipinski definition) is 5. The largest absolute Gasteiger partial charge is 0.507 e. The lowest BCUT2D eigenvalue weighted by Crippen LogP contribution is -2.23. The fourth-order valence-corrected chi connectivity index (χ4v) is 7.44. The highest BCUT2D eigenvalue weighted by molar-refractivity contribution is 6.11. The lowest BCUT2D eigenvalue weighted by atomic mass is 9.89. The van der Waals surface area contributed by atoms with Crippen LogP contribution < -0.4 is 21.0 Å². The Morgan fingerprint density at radius 1 is 0.650 bits per heavy atom. The summed E-state index contributed by atoms with van der Waals surface area (Å²) in [5.41, 5.74) is 2.53. The summed E-state index contributed by atoms with van der Waals surface area (Å²) in [5, 5.41) is 45.7. The van der Waals surface area contributed by atoms with E-state index in [-0.39, 0.29) is 68.1 Å². The van der Waals surface area contributed by atoms with Gasteiger partial charge in [0.15, 0.2) is 5.43 Å². The van der Waals surface area contributed by atoms with Crippen molar-refractivity contribution in [2.45, 2.75) is 6.54 Å². The average molecular weight is 804 g/mol. The van der Waals surface area contributed by atoms with E-state index in [9.17, 15) is 44.4 Å². The molecule has 0 aromatic heterocycles. The molecule has 0 atom stereocenters. The fraction of sp³-hybridized carbons (Fsp3) is 0.0870. The van der Waals surface area contributed by atoms with Gasteiger partial charge >= 0.3 is 17.9 Å². The molecule has 298 valence electrons. The van der Waals surface area contributed by atoms with Crippen LogP contribution in [-0.4, -0.2) is 65.4 Å². The van der Waals surface area contributed by atoms with Crippen molar-refractivity contribution in [3.63, 3.8) is 0 Å². The molecule has 5 N–H and O–H groups in total. The molecule has 2 aliphatic heterocycles. The number of fused-ring (bicyclic) bond motifs is 4. The summed E-state index contributed by atoms with van der Waals surface area (Å²) in [7, 11) is 5.41. The van der Waals surface area contributed by atoms with E-state index in [0.717, 1.165) is 11.8 Å². The van der Waals surface area contributed by atoms with Gasteiger partial charge in [0.25, 0.3) is 5.91 Å². The molecule has 0 spiro atoms. The van der Waals surface area contributed by atoms with Gasteiger partial charge in [-0.15, -0.1) is 0 Å². The molecular formula is C46H33N3O11. The maximum absolute atomic E-state index is 14.1. The molecule has 0 bridgehead atoms. The molecule has 0 radical (unpaired) electrons. The molecule has 0 fully saturated rings. The highest BCUT2D eigenvalue weighted by Gasteiger charge is 2.27. The molecule has 0 saturated heterocycles. The van der Waals surface area contributed by atoms with E-state index in [1.165, 1.54) is 60.7 Å². The molecule has 14 nitrogen and oxygen atoms in total. The van der Waals surface area contributed by atoms with Gasteiger partial charge in [-0.3, -0.25) is 14.6 Å². The first-order valence-corrected chi connectivity index (χ1v) is 18.3. The SMILES string of the molecule is CN=c1ccc2c(-c3cc(C(=O)NCc4c(O)ccc5c(-c6ccc(C(=O)O)cc6C(=O)O)c6ccc(=O)cc-6oc45)ccc3C(=O)O)c3ccc(N(C)C)cc3oc-2c1. The quantitative estimate of drug-likeness (QED) is 0.0901. The number of benzene rings is 6. The third-order valence-electron chi connectivity index (χ3n) is 10.4. The van der Waals surface area contributed by atoms with Crippen molar-refractivity contribution in [2.75, 3.05) is 26.0 Å². The normalized spacial score (nSPS) is 11.7. The van der Waals surface area contributed by atoms with Crippen molar-refractivity contribution in [1.82, 2.24) is 5.32 Å². The van der Waals surface area contributed by atoms with E-state index < -0.39 is 29.2 Å². The first-order valence-electron chi connectivity index (χ1n) is 18.3. The van der Waals surface area contributed by atoms with E-state index >= 15 is 0 Å². The van der Waals surface area contributed by atoms with Crippen LogP contribution in [0.5, 0.6) is 5.75 Å². The van der Waals surface area contributed by atoms with Gasteiger partial charge < -0.3 is 39.5 Å². The Hall–Kier alpha value is -8.26. The molecule has 2 aliphatic carbocycles. The Bertz CT molecular complexity index is 3200. The number of phenols is 1. The maximum atomic E-state index is 14.1. The molecular weight excluding hydrogens is 771 g/mol. The third-order valence-corrected chi connectivity index (χ3v) is 10.4. The van der Waals surface area contributed by atoms with Crippen LogP contribution in [0.3, 0.4) is 0 Å². The molecule has 4 aromatic rings. The van der Waals surface area contributed by atoms with Crippen molar-refractivity contribution < 1.29 is 48.4 Å². The van der Waals surface area contributed by atoms with Crippen LogP contribution in [0.2, 0.25) is 0 Å². The van der Waals surface area contributed by atoms with Crippen LogP contribution in [0.1, 0.15) is 47.0 Å². The van der Waals surface area contributed by atoms with Crippen LogP contribution in [0.15, 0.2) is 122 Å². The first-order chi connectivity index (χ1) is 28.7. The van der Waals surface area contributed by atoms with E-state index in [1.807, 2.05) is 37.2 Å². The summed E-state index contributed by atoms with van der Waals surface area (Å²) < 4.78 is 12.5. The van der Waals surface area contributed by atoms with Crippen LogP contribution in [-0.2, 0) is 6.54 Å². The minimum atomic E-state index is -1.40. The summed E-state index contributed by atoms with van der Waals surface area (Å²) in [6.45, 7) is -0.333. The zero-order valence-electron chi connectivity index (χ0n) is 32.1. The van der Waals surface area contributed by atoms with Crippen molar-refractivity contribution in [3.8, 4) is 50.7 Å². The molecule has 60 heavy (non-hydrogen) atoms. The molecule has 14 heteroatoms. The molecule has 4 aliphatic rings. The number of hydrogen-bond acceptors (Lipinski definition) is 10. The number of anilines is 1. The number of amides is 1. The van der Waals surface area contributed by atoms with Gasteiger partial charge in [-0.25, -0.2) is 14.4 Å². The van der Waals surface area contributed by atoms with Gasteiger partial charge in [0, 0.05) is 83.6 Å². The Morgan fingerprint density at radius 2 is 1.32 bits per heavy atom. The van der Waals surface area contributed by atoms with E-state index in [1.54, 1.807) is 25.2 Å². The van der Waals surface area contributed by atoms with Crippen LogP contribution in [0.25, 0.3) is 66.8 Å². The second-order valence-electron chi connectivity index (χ2n) is 14.1. The van der Waals surface area contributed by atoms with Gasteiger partial charge in [-0.05, 0) is 90.0 Å². The van der Waals surface area contributed by atoms with Crippen molar-refractivity contribution in [1.29, 1.82) is 0 Å². The van der Waals surface area contributed by atoms with Gasteiger partial charge in [0.2, 0.25) is 0 Å². The van der Waals surface area contributed by atoms with Gasteiger partial charge in [0.1, 0.15) is 28.4 Å². The zero-order chi connectivity index (χ0) is 42.6. The Kier molecular flexibility index (Phi) is 9.60. The summed E-state index contributed by atoms with van der Waals surface area (Å²) >= 11 is 0. The third kappa shape index (κ3) is 6.71. The second-order valence-corrected chi connectivity index (χ2v) is 14.1. The lowest BCUT2D eigenvalue weighted by Gasteiger charge is -2.20. The summed E-state index contributed by atoms with van der Waals surface area (Å²) in [4.78, 5) is 69.7. The molecule has 2 heterocycles. The van der Waals surface area contributed by atoms with Crippen molar-refractivity contribution >= 4 is 51.4 Å². The number of aromatic carboxylic acids is 3. The topological polar surface area (TPSA) is 220 Å². The minimum absolute atomic E-state index is 0.0187. The zero-order valence-corrected chi connectivity index (χ0v) is 32.1. The van der Waals surface area contributed by atoms with Gasteiger partial charge in [-0.2, -0.15) is 0 Å². The average Bonchev–Trinajstić information content (AvgIpc) is 3.23. The fourth-order valence-electron chi connectivity index (χ4n) is 7.44. The monoisotopic (exact) mass is 803 g/mol. The maximum Gasteiger partial charge on any atom is 0.336 e. The van der Waals surface area contributed by atoms with E-state index in [2.05, 4.69) is 10.3 Å². The number of aromatic hydroxyl groups is 1. The number of carbonyl (C=O) groups is 4. The number of carbonyl (C=O) groups excluding carboxylic acids is 1. The Balaban J connectivity index is 1.26. The summed E-state index contributed by atoms with van der Waals surface area (Å²) in [6, 6.07) is 25.5. The predicted molar refractivity (Wildman–Crippen MR) is 222 cm³/mol. The van der Waals surface area contributed by atoms with E-state index in [0.29, 0.717) is 44.2 Å². The van der Waals surface area contributed by atoms with Crippen LogP contribution >= 0.6 is 0 Å². The lowest BCUT2D eigenvalue weighted by molar-refractivity contribution is 0.0682. The van der Waals surface area contributed by atoms with Crippen LogP contribution in [0.4, 0.5) is 5.69 Å². The Labute approximate surface area is 339 Å². The number of carboxylic acids is 3. The standard InChI is InChI=1S/C46H33N3O11/c1-47-24-6-11-29-37(18-24)59-38-19-25(49(2)3)7-12-30(38)41(29)33-16-22(4-10-28(33)45(55)56)43(52)48-21-35-36(51)15-14-32-40(31-13-8-26(50)20-39(31)60-42(32)35)27-9-5-23(44(53)54)17-34(27)46(57)58/h4-20,51H,21H2,1-3H3,(H,48,52)(H,53,54)(H,55,56)(H,57,58). The Morgan fingerprint density at radius 3 is 2.02 bits per heavy atom. The summed E-state index contributed by atoms with van der Waals surface area (Å²) in [5.74, 6) is -4.39. The minimum Gasteiger partial charge on any atom is -0.507 e. The highest BCUT2D eigenvalue weighted by atomic mass is 16.4. The number of nitrogens with one attached hydrogen (secondary N) is 1. The summed E-state index contributed by atoms with van der Waals surface area (Å²) in [6.07, 6.45) is 0. The molecule has 4 aromatic carbocycles. The molecule has 0 saturated carbocycles. The van der Waals surface area contributed by atoms with Gasteiger partial charge in [-0.1, -0.05) is 6.07 Å². The van der Waals surface area contributed by atoms with Crippen LogP contribution in [0, 0.1) is 0 Å². The number of carboxylic acid groups (broad SMARTS) is 3. The molecule has 0 unspecified atom stereocenters. The molecule has 8 rings (SSSR count). The van der Waals surface area contributed by atoms with E-state index in [4.69, 9.17) is 8.83 Å². The molecule has 1 amide bonds. The first kappa shape index (κ1) is 38.6. The highest BCUT2D eigenvalue weighted by Crippen LogP contribution is 2.45.